The summed E-state index contributed by atoms with van der Waals surface area (Å²) in [5, 5.41) is 15.1. The van der Waals surface area contributed by atoms with Gasteiger partial charge < -0.3 is 15.7 Å². The molecule has 108 valence electrons. The minimum absolute atomic E-state index is 0.180. The minimum atomic E-state index is -0.981. The molecular formula is C15H20N2O3. The van der Waals surface area contributed by atoms with Crippen LogP contribution >= 0.6 is 0 Å². The van der Waals surface area contributed by atoms with Gasteiger partial charge in [-0.2, -0.15) is 0 Å². The second kappa shape index (κ2) is 7.05. The average Bonchev–Trinajstić information content (AvgIpc) is 2.46. The zero-order valence-corrected chi connectivity index (χ0v) is 11.3. The van der Waals surface area contributed by atoms with Crippen LogP contribution in [0.15, 0.2) is 30.3 Å². The van der Waals surface area contributed by atoms with E-state index in [0.717, 1.165) is 31.4 Å². The van der Waals surface area contributed by atoms with Crippen LogP contribution in [0.25, 0.3) is 0 Å². The van der Waals surface area contributed by atoms with Crippen LogP contribution in [0, 0.1) is 0 Å². The molecule has 2 unspecified atom stereocenters. The van der Waals surface area contributed by atoms with Gasteiger partial charge in [0, 0.05) is 6.04 Å². The molecule has 1 amide bonds. The summed E-state index contributed by atoms with van der Waals surface area (Å²) >= 11 is 0. The smallest absolute Gasteiger partial charge is 0.327 e. The topological polar surface area (TPSA) is 78.4 Å². The molecule has 20 heavy (non-hydrogen) atoms. The molecule has 1 aromatic rings. The lowest BCUT2D eigenvalue weighted by Gasteiger charge is -2.29. The molecule has 0 aliphatic carbocycles. The van der Waals surface area contributed by atoms with Crippen LogP contribution in [-0.2, 0) is 16.0 Å². The van der Waals surface area contributed by atoms with Crippen molar-refractivity contribution in [2.24, 2.45) is 0 Å². The van der Waals surface area contributed by atoms with Crippen molar-refractivity contribution in [1.82, 2.24) is 10.6 Å². The number of carbonyl (C=O) groups is 2. The van der Waals surface area contributed by atoms with Gasteiger partial charge in [0.2, 0.25) is 5.91 Å². The standard InChI is InChI=1S/C15H20N2O3/c18-13(10-11-6-2-1-3-7-11)17-14(15(19)20)12-8-4-5-9-16-12/h1-3,6-7,12,14,16H,4-5,8-10H2,(H,17,18)(H,19,20). The molecule has 0 saturated carbocycles. The van der Waals surface area contributed by atoms with Crippen molar-refractivity contribution in [3.8, 4) is 0 Å². The highest BCUT2D eigenvalue weighted by Crippen LogP contribution is 2.11. The largest absolute Gasteiger partial charge is 0.480 e. The highest BCUT2D eigenvalue weighted by molar-refractivity contribution is 5.85. The summed E-state index contributed by atoms with van der Waals surface area (Å²) in [5.74, 6) is -1.23. The van der Waals surface area contributed by atoms with E-state index in [1.165, 1.54) is 0 Å². The van der Waals surface area contributed by atoms with Crippen LogP contribution in [0.5, 0.6) is 0 Å². The van der Waals surface area contributed by atoms with Gasteiger partial charge in [0.1, 0.15) is 6.04 Å². The molecule has 0 aromatic heterocycles. The molecule has 0 radical (unpaired) electrons. The first-order valence-corrected chi connectivity index (χ1v) is 6.96. The normalized spacial score (nSPS) is 20.1. The Bertz CT molecular complexity index is 455. The molecule has 2 rings (SSSR count). The van der Waals surface area contributed by atoms with Gasteiger partial charge in [-0.15, -0.1) is 0 Å². The summed E-state index contributed by atoms with van der Waals surface area (Å²) in [6, 6.07) is 8.28. The Morgan fingerprint density at radius 3 is 2.65 bits per heavy atom. The number of aliphatic carboxylic acids is 1. The third-order valence-electron chi connectivity index (χ3n) is 3.54. The maximum Gasteiger partial charge on any atom is 0.327 e. The molecule has 1 heterocycles. The van der Waals surface area contributed by atoms with Gasteiger partial charge in [-0.1, -0.05) is 36.8 Å². The first kappa shape index (κ1) is 14.5. The zero-order chi connectivity index (χ0) is 14.4. The third-order valence-corrected chi connectivity index (χ3v) is 3.54. The molecular weight excluding hydrogens is 256 g/mol. The van der Waals surface area contributed by atoms with E-state index in [9.17, 15) is 14.7 Å². The van der Waals surface area contributed by atoms with Crippen LogP contribution in [0.2, 0.25) is 0 Å². The van der Waals surface area contributed by atoms with E-state index in [1.54, 1.807) is 0 Å². The first-order valence-electron chi connectivity index (χ1n) is 6.96. The Kier molecular flexibility index (Phi) is 5.12. The fourth-order valence-electron chi connectivity index (χ4n) is 2.50. The van der Waals surface area contributed by atoms with Crippen LogP contribution in [0.1, 0.15) is 24.8 Å². The molecule has 5 nitrogen and oxygen atoms in total. The Hall–Kier alpha value is -1.88. The summed E-state index contributed by atoms with van der Waals surface area (Å²) in [5.41, 5.74) is 0.880. The molecule has 1 fully saturated rings. The van der Waals surface area contributed by atoms with Crippen LogP contribution < -0.4 is 10.6 Å². The molecule has 1 aliphatic rings. The summed E-state index contributed by atoms with van der Waals surface area (Å²) in [6.07, 6.45) is 3.04. The number of nitrogens with one attached hydrogen (secondary N) is 2. The number of hydrogen-bond donors (Lipinski definition) is 3. The Balaban J connectivity index is 1.93. The molecule has 5 heteroatoms. The number of carboxylic acid groups (broad SMARTS) is 1. The molecule has 2 atom stereocenters. The predicted molar refractivity (Wildman–Crippen MR) is 75.4 cm³/mol. The van der Waals surface area contributed by atoms with Crippen molar-refractivity contribution in [2.45, 2.75) is 37.8 Å². The Labute approximate surface area is 118 Å². The second-order valence-electron chi connectivity index (χ2n) is 5.10. The Morgan fingerprint density at radius 2 is 2.05 bits per heavy atom. The average molecular weight is 276 g/mol. The monoisotopic (exact) mass is 276 g/mol. The lowest BCUT2D eigenvalue weighted by Crippen LogP contribution is -2.55. The predicted octanol–water partition coefficient (Wildman–Crippen LogP) is 0.941. The van der Waals surface area contributed by atoms with E-state index in [-0.39, 0.29) is 18.4 Å². The second-order valence-corrected chi connectivity index (χ2v) is 5.10. The van der Waals surface area contributed by atoms with Crippen molar-refractivity contribution in [2.75, 3.05) is 6.54 Å². The number of hydrogen-bond acceptors (Lipinski definition) is 3. The van der Waals surface area contributed by atoms with Gasteiger partial charge in [-0.25, -0.2) is 4.79 Å². The maximum absolute atomic E-state index is 12.0. The molecule has 0 bridgehead atoms. The van der Waals surface area contributed by atoms with Gasteiger partial charge in [0.25, 0.3) is 0 Å². The van der Waals surface area contributed by atoms with Crippen molar-refractivity contribution < 1.29 is 14.7 Å². The summed E-state index contributed by atoms with van der Waals surface area (Å²) < 4.78 is 0. The first-order chi connectivity index (χ1) is 9.66. The van der Waals surface area contributed by atoms with E-state index in [2.05, 4.69) is 10.6 Å². The van der Waals surface area contributed by atoms with Crippen molar-refractivity contribution in [3.05, 3.63) is 35.9 Å². The van der Waals surface area contributed by atoms with E-state index in [4.69, 9.17) is 0 Å². The van der Waals surface area contributed by atoms with Crippen molar-refractivity contribution >= 4 is 11.9 Å². The lowest BCUT2D eigenvalue weighted by atomic mass is 9.97. The number of carbonyl (C=O) groups excluding carboxylic acids is 1. The summed E-state index contributed by atoms with van der Waals surface area (Å²) in [7, 11) is 0. The van der Waals surface area contributed by atoms with Crippen LogP contribution in [0.4, 0.5) is 0 Å². The van der Waals surface area contributed by atoms with Crippen molar-refractivity contribution in [1.29, 1.82) is 0 Å². The number of piperidine rings is 1. The van der Waals surface area contributed by atoms with Gasteiger partial charge in [0.15, 0.2) is 0 Å². The molecule has 0 spiro atoms. The molecule has 1 aromatic carbocycles. The molecule has 1 saturated heterocycles. The lowest BCUT2D eigenvalue weighted by molar-refractivity contribution is -0.142. The number of benzene rings is 1. The number of amides is 1. The van der Waals surface area contributed by atoms with E-state index >= 15 is 0 Å². The van der Waals surface area contributed by atoms with Crippen LogP contribution in [-0.4, -0.2) is 35.6 Å². The zero-order valence-electron chi connectivity index (χ0n) is 11.3. The maximum atomic E-state index is 12.0. The minimum Gasteiger partial charge on any atom is -0.480 e. The number of carboxylic acids is 1. The highest BCUT2D eigenvalue weighted by atomic mass is 16.4. The van der Waals surface area contributed by atoms with Gasteiger partial charge >= 0.3 is 5.97 Å². The van der Waals surface area contributed by atoms with E-state index < -0.39 is 12.0 Å². The molecule has 1 aliphatic heterocycles. The highest BCUT2D eigenvalue weighted by Gasteiger charge is 2.30. The fraction of sp³-hybridized carbons (Fsp3) is 0.467. The summed E-state index contributed by atoms with van der Waals surface area (Å²) in [4.78, 5) is 23.3. The Morgan fingerprint density at radius 1 is 1.30 bits per heavy atom. The third kappa shape index (κ3) is 4.06. The fourth-order valence-corrected chi connectivity index (χ4v) is 2.50. The van der Waals surface area contributed by atoms with Crippen molar-refractivity contribution in [3.63, 3.8) is 0 Å². The van der Waals surface area contributed by atoms with Gasteiger partial charge in [-0.05, 0) is 24.9 Å². The van der Waals surface area contributed by atoms with Gasteiger partial charge in [-0.3, -0.25) is 4.79 Å². The van der Waals surface area contributed by atoms with E-state index in [0.29, 0.717) is 0 Å². The summed E-state index contributed by atoms with van der Waals surface area (Å²) in [6.45, 7) is 0.809. The molecule has 3 N–H and O–H groups in total. The van der Waals surface area contributed by atoms with E-state index in [1.807, 2.05) is 30.3 Å². The number of rotatable bonds is 5. The quantitative estimate of drug-likeness (QED) is 0.748. The van der Waals surface area contributed by atoms with Crippen LogP contribution in [0.3, 0.4) is 0 Å². The SMILES string of the molecule is O=C(Cc1ccccc1)NC(C(=O)O)C1CCCCN1. The van der Waals surface area contributed by atoms with Gasteiger partial charge in [0.05, 0.1) is 6.42 Å².